The van der Waals surface area contributed by atoms with Crippen LogP contribution in [0.25, 0.3) is 0 Å². The first-order valence-corrected chi connectivity index (χ1v) is 7.69. The molecule has 0 aromatic heterocycles. The molecule has 6 heteroatoms. The summed E-state index contributed by atoms with van der Waals surface area (Å²) in [7, 11) is 1.82. The van der Waals surface area contributed by atoms with E-state index in [2.05, 4.69) is 15.5 Å². The van der Waals surface area contributed by atoms with Gasteiger partial charge in [0.1, 0.15) is 5.82 Å². The van der Waals surface area contributed by atoms with Gasteiger partial charge < -0.3 is 15.4 Å². The molecule has 122 valence electrons. The lowest BCUT2D eigenvalue weighted by Gasteiger charge is -2.35. The van der Waals surface area contributed by atoms with Crippen LogP contribution in [0.3, 0.4) is 0 Å². The quantitative estimate of drug-likeness (QED) is 0.787. The van der Waals surface area contributed by atoms with Crippen LogP contribution in [0, 0.1) is 5.82 Å². The normalized spacial score (nSPS) is 17.2. The topological polar surface area (TPSA) is 53.6 Å². The molecule has 2 N–H and O–H groups in total. The number of rotatable bonds is 7. The smallest absolute Gasteiger partial charge is 0.221 e. The molecule has 1 aromatic rings. The van der Waals surface area contributed by atoms with Crippen molar-refractivity contribution in [3.8, 4) is 0 Å². The number of benzene rings is 1. The van der Waals surface area contributed by atoms with Crippen LogP contribution >= 0.6 is 0 Å². The van der Waals surface area contributed by atoms with Gasteiger partial charge in [-0.15, -0.1) is 0 Å². The summed E-state index contributed by atoms with van der Waals surface area (Å²) in [6.45, 7) is 4.18. The van der Waals surface area contributed by atoms with Crippen molar-refractivity contribution in [2.24, 2.45) is 0 Å². The number of hydrogen-bond acceptors (Lipinski definition) is 4. The fourth-order valence-electron chi connectivity index (χ4n) is 2.57. The molecule has 2 rings (SSSR count). The Balaban J connectivity index is 2.01. The monoisotopic (exact) mass is 309 g/mol. The van der Waals surface area contributed by atoms with E-state index in [-0.39, 0.29) is 17.8 Å². The Kier molecular flexibility index (Phi) is 6.76. The van der Waals surface area contributed by atoms with E-state index in [1.54, 1.807) is 12.1 Å². The molecule has 0 bridgehead atoms. The highest BCUT2D eigenvalue weighted by molar-refractivity contribution is 5.76. The molecule has 0 aliphatic carbocycles. The van der Waals surface area contributed by atoms with Crippen molar-refractivity contribution < 1.29 is 13.9 Å². The van der Waals surface area contributed by atoms with E-state index in [9.17, 15) is 9.18 Å². The van der Waals surface area contributed by atoms with Gasteiger partial charge in [-0.1, -0.05) is 12.1 Å². The largest absolute Gasteiger partial charge is 0.379 e. The van der Waals surface area contributed by atoms with E-state index >= 15 is 0 Å². The highest BCUT2D eigenvalue weighted by atomic mass is 19.1. The summed E-state index contributed by atoms with van der Waals surface area (Å²) < 4.78 is 18.5. The van der Waals surface area contributed by atoms with E-state index in [0.29, 0.717) is 32.7 Å². The Morgan fingerprint density at radius 2 is 2.00 bits per heavy atom. The average molecular weight is 309 g/mol. The molecule has 5 nitrogen and oxygen atoms in total. The predicted molar refractivity (Wildman–Crippen MR) is 83.1 cm³/mol. The summed E-state index contributed by atoms with van der Waals surface area (Å²) in [5, 5.41) is 5.93. The number of nitrogens with zero attached hydrogens (tertiary/aromatic N) is 1. The zero-order valence-corrected chi connectivity index (χ0v) is 13.0. The lowest BCUT2D eigenvalue weighted by molar-refractivity contribution is -0.121. The minimum Gasteiger partial charge on any atom is -0.379 e. The van der Waals surface area contributed by atoms with Gasteiger partial charge >= 0.3 is 0 Å². The fraction of sp³-hybridized carbons (Fsp3) is 0.562. The third-order valence-corrected chi connectivity index (χ3v) is 3.84. The molecule has 22 heavy (non-hydrogen) atoms. The second kappa shape index (κ2) is 8.82. The van der Waals surface area contributed by atoms with Crippen LogP contribution in [0.5, 0.6) is 0 Å². The molecule has 1 aliphatic rings. The van der Waals surface area contributed by atoms with E-state index in [1.807, 2.05) is 7.05 Å². The number of halogens is 1. The summed E-state index contributed by atoms with van der Waals surface area (Å²) in [4.78, 5) is 14.1. The number of ether oxygens (including phenoxy) is 1. The summed E-state index contributed by atoms with van der Waals surface area (Å²) >= 11 is 0. The SMILES string of the molecule is CNCCC(=O)NCC(c1ccc(F)cc1)N1CCOCC1. The first-order valence-electron chi connectivity index (χ1n) is 7.69. The Labute approximate surface area is 130 Å². The Morgan fingerprint density at radius 1 is 1.32 bits per heavy atom. The van der Waals surface area contributed by atoms with Crippen LogP contribution in [0.15, 0.2) is 24.3 Å². The third-order valence-electron chi connectivity index (χ3n) is 3.84. The van der Waals surface area contributed by atoms with Crippen molar-refractivity contribution in [1.82, 2.24) is 15.5 Å². The van der Waals surface area contributed by atoms with Crippen molar-refractivity contribution in [2.45, 2.75) is 12.5 Å². The molecule has 1 unspecified atom stereocenters. The van der Waals surface area contributed by atoms with Gasteiger partial charge in [-0.2, -0.15) is 0 Å². The van der Waals surface area contributed by atoms with E-state index < -0.39 is 0 Å². The molecule has 1 aliphatic heterocycles. The van der Waals surface area contributed by atoms with Gasteiger partial charge in [0.05, 0.1) is 19.3 Å². The third kappa shape index (κ3) is 5.05. The van der Waals surface area contributed by atoms with Crippen LogP contribution in [0.2, 0.25) is 0 Å². The molecule has 1 heterocycles. The number of nitrogens with one attached hydrogen (secondary N) is 2. The first-order chi connectivity index (χ1) is 10.7. The number of amides is 1. The van der Waals surface area contributed by atoms with Gasteiger partial charge in [0.15, 0.2) is 0 Å². The molecular formula is C16H24FN3O2. The molecule has 1 aromatic carbocycles. The van der Waals surface area contributed by atoms with Gasteiger partial charge in [0.2, 0.25) is 5.91 Å². The van der Waals surface area contributed by atoms with Crippen molar-refractivity contribution >= 4 is 5.91 Å². The Hall–Kier alpha value is -1.50. The van der Waals surface area contributed by atoms with E-state index in [1.165, 1.54) is 12.1 Å². The molecule has 0 saturated carbocycles. The van der Waals surface area contributed by atoms with E-state index in [0.717, 1.165) is 18.7 Å². The number of morpholine rings is 1. The maximum Gasteiger partial charge on any atom is 0.221 e. The van der Waals surface area contributed by atoms with Crippen molar-refractivity contribution in [3.05, 3.63) is 35.6 Å². The van der Waals surface area contributed by atoms with Crippen LogP contribution in [0.4, 0.5) is 4.39 Å². The van der Waals surface area contributed by atoms with Crippen molar-refractivity contribution in [3.63, 3.8) is 0 Å². The van der Waals surface area contributed by atoms with Gasteiger partial charge in [0, 0.05) is 32.6 Å². The van der Waals surface area contributed by atoms with Crippen LogP contribution < -0.4 is 10.6 Å². The highest BCUT2D eigenvalue weighted by Crippen LogP contribution is 2.21. The van der Waals surface area contributed by atoms with Crippen molar-refractivity contribution in [1.29, 1.82) is 0 Å². The van der Waals surface area contributed by atoms with Gasteiger partial charge in [0.25, 0.3) is 0 Å². The lowest BCUT2D eigenvalue weighted by Crippen LogP contribution is -2.44. The second-order valence-electron chi connectivity index (χ2n) is 5.37. The zero-order chi connectivity index (χ0) is 15.8. The molecule has 1 amide bonds. The van der Waals surface area contributed by atoms with Crippen LogP contribution in [0.1, 0.15) is 18.0 Å². The fourth-order valence-corrected chi connectivity index (χ4v) is 2.57. The summed E-state index contributed by atoms with van der Waals surface area (Å²) in [6.07, 6.45) is 0.454. The maximum absolute atomic E-state index is 13.1. The van der Waals surface area contributed by atoms with E-state index in [4.69, 9.17) is 4.74 Å². The van der Waals surface area contributed by atoms with Gasteiger partial charge in [-0.25, -0.2) is 4.39 Å². The summed E-state index contributed by atoms with van der Waals surface area (Å²) in [5.41, 5.74) is 1.01. The minimum atomic E-state index is -0.248. The molecular weight excluding hydrogens is 285 g/mol. The molecule has 1 atom stereocenters. The number of carbonyl (C=O) groups is 1. The predicted octanol–water partition coefficient (Wildman–Crippen LogP) is 0.925. The maximum atomic E-state index is 13.1. The molecule has 1 saturated heterocycles. The average Bonchev–Trinajstić information content (AvgIpc) is 2.55. The molecule has 1 fully saturated rings. The standard InChI is InChI=1S/C16H24FN3O2/c1-18-7-6-16(21)19-12-15(20-8-10-22-11-9-20)13-2-4-14(17)5-3-13/h2-5,15,18H,6-12H2,1H3,(H,19,21). The second-order valence-corrected chi connectivity index (χ2v) is 5.37. The van der Waals surface area contributed by atoms with Gasteiger partial charge in [-0.05, 0) is 24.7 Å². The Bertz CT molecular complexity index is 461. The first kappa shape index (κ1) is 16.9. The lowest BCUT2D eigenvalue weighted by atomic mass is 10.0. The summed E-state index contributed by atoms with van der Waals surface area (Å²) in [6, 6.07) is 6.55. The minimum absolute atomic E-state index is 0.0229. The Morgan fingerprint density at radius 3 is 2.64 bits per heavy atom. The van der Waals surface area contributed by atoms with Crippen molar-refractivity contribution in [2.75, 3.05) is 46.4 Å². The van der Waals surface area contributed by atoms with Gasteiger partial charge in [-0.3, -0.25) is 9.69 Å². The van der Waals surface area contributed by atoms with Crippen LogP contribution in [-0.4, -0.2) is 57.2 Å². The highest BCUT2D eigenvalue weighted by Gasteiger charge is 2.23. The molecule has 0 radical (unpaired) electrons. The zero-order valence-electron chi connectivity index (χ0n) is 13.0. The molecule has 0 spiro atoms. The number of hydrogen-bond donors (Lipinski definition) is 2. The number of carbonyl (C=O) groups excluding carboxylic acids is 1. The summed E-state index contributed by atoms with van der Waals surface area (Å²) in [5.74, 6) is -0.225. The van der Waals surface area contributed by atoms with Crippen LogP contribution in [-0.2, 0) is 9.53 Å².